The van der Waals surface area contributed by atoms with Crippen LogP contribution in [0.25, 0.3) is 0 Å². The van der Waals surface area contributed by atoms with Gasteiger partial charge in [-0.15, -0.1) is 0 Å². The van der Waals surface area contributed by atoms with Crippen LogP contribution in [0.15, 0.2) is 48.8 Å². The lowest BCUT2D eigenvalue weighted by Gasteiger charge is -2.33. The van der Waals surface area contributed by atoms with Crippen molar-refractivity contribution in [3.63, 3.8) is 0 Å². The number of nitrogens with zero attached hydrogens (tertiary/aromatic N) is 3. The SMILES string of the molecule is CC(Oc1ccccc1)C(=O)N1CCC(Cn2cccn2)CC1. The highest BCUT2D eigenvalue weighted by Gasteiger charge is 2.27. The van der Waals surface area contributed by atoms with Crippen LogP contribution in [0.5, 0.6) is 5.75 Å². The summed E-state index contributed by atoms with van der Waals surface area (Å²) in [6.07, 6.45) is 5.39. The zero-order valence-electron chi connectivity index (χ0n) is 13.5. The van der Waals surface area contributed by atoms with Gasteiger partial charge in [-0.05, 0) is 43.9 Å². The fourth-order valence-corrected chi connectivity index (χ4v) is 3.02. The van der Waals surface area contributed by atoms with Gasteiger partial charge in [0, 0.05) is 32.0 Å². The van der Waals surface area contributed by atoms with E-state index in [9.17, 15) is 4.79 Å². The molecule has 23 heavy (non-hydrogen) atoms. The summed E-state index contributed by atoms with van der Waals surface area (Å²) < 4.78 is 7.71. The summed E-state index contributed by atoms with van der Waals surface area (Å²) in [4.78, 5) is 14.4. The molecule has 2 heterocycles. The lowest BCUT2D eigenvalue weighted by molar-refractivity contribution is -0.139. The van der Waals surface area contributed by atoms with E-state index in [-0.39, 0.29) is 5.91 Å². The number of amides is 1. The summed E-state index contributed by atoms with van der Waals surface area (Å²) in [7, 11) is 0. The molecule has 0 N–H and O–H groups in total. The van der Waals surface area contributed by atoms with Crippen LogP contribution in [-0.4, -0.2) is 39.8 Å². The van der Waals surface area contributed by atoms with Crippen LogP contribution in [0.1, 0.15) is 19.8 Å². The van der Waals surface area contributed by atoms with Gasteiger partial charge in [0.1, 0.15) is 5.75 Å². The molecule has 0 spiro atoms. The van der Waals surface area contributed by atoms with Crippen LogP contribution in [0.2, 0.25) is 0 Å². The number of likely N-dealkylation sites (tertiary alicyclic amines) is 1. The molecular weight excluding hydrogens is 290 g/mol. The minimum Gasteiger partial charge on any atom is -0.481 e. The van der Waals surface area contributed by atoms with Crippen molar-refractivity contribution in [1.82, 2.24) is 14.7 Å². The van der Waals surface area contributed by atoms with E-state index in [1.807, 2.05) is 59.1 Å². The first-order chi connectivity index (χ1) is 11.2. The summed E-state index contributed by atoms with van der Waals surface area (Å²) in [6, 6.07) is 11.5. The number of ether oxygens (including phenoxy) is 1. The van der Waals surface area contributed by atoms with E-state index in [1.54, 1.807) is 6.20 Å². The molecule has 5 heteroatoms. The Morgan fingerprint density at radius 2 is 2.00 bits per heavy atom. The van der Waals surface area contributed by atoms with E-state index in [2.05, 4.69) is 5.10 Å². The molecule has 1 unspecified atom stereocenters. The molecule has 1 aliphatic heterocycles. The Morgan fingerprint density at radius 1 is 1.26 bits per heavy atom. The second-order valence-corrected chi connectivity index (χ2v) is 6.07. The molecule has 1 amide bonds. The third kappa shape index (κ3) is 4.12. The molecule has 1 atom stereocenters. The number of para-hydroxylation sites is 1. The zero-order valence-corrected chi connectivity index (χ0v) is 13.5. The quantitative estimate of drug-likeness (QED) is 0.852. The maximum absolute atomic E-state index is 12.5. The number of rotatable bonds is 5. The van der Waals surface area contributed by atoms with Crippen molar-refractivity contribution < 1.29 is 9.53 Å². The summed E-state index contributed by atoms with van der Waals surface area (Å²) in [5.74, 6) is 1.40. The van der Waals surface area contributed by atoms with E-state index >= 15 is 0 Å². The molecule has 0 aliphatic carbocycles. The van der Waals surface area contributed by atoms with Gasteiger partial charge in [-0.3, -0.25) is 9.48 Å². The van der Waals surface area contributed by atoms with Crippen LogP contribution in [0.4, 0.5) is 0 Å². The van der Waals surface area contributed by atoms with Crippen LogP contribution in [-0.2, 0) is 11.3 Å². The number of hydrogen-bond acceptors (Lipinski definition) is 3. The molecular formula is C18H23N3O2. The first kappa shape index (κ1) is 15.6. The number of piperidine rings is 1. The molecule has 2 aromatic rings. The van der Waals surface area contributed by atoms with Crippen molar-refractivity contribution in [2.24, 2.45) is 5.92 Å². The Hall–Kier alpha value is -2.30. The Balaban J connectivity index is 1.47. The average Bonchev–Trinajstić information content (AvgIpc) is 3.09. The molecule has 0 saturated carbocycles. The standard InChI is InChI=1S/C18H23N3O2/c1-15(23-17-6-3-2-4-7-17)18(22)20-12-8-16(9-13-20)14-21-11-5-10-19-21/h2-7,10-11,15-16H,8-9,12-14H2,1H3. The Bertz CT molecular complexity index is 604. The van der Waals surface area contributed by atoms with Crippen LogP contribution in [0, 0.1) is 5.92 Å². The summed E-state index contributed by atoms with van der Waals surface area (Å²) >= 11 is 0. The molecule has 1 fully saturated rings. The monoisotopic (exact) mass is 313 g/mol. The minimum absolute atomic E-state index is 0.0754. The van der Waals surface area contributed by atoms with Crippen LogP contribution in [0.3, 0.4) is 0 Å². The topological polar surface area (TPSA) is 47.4 Å². The van der Waals surface area contributed by atoms with E-state index < -0.39 is 6.10 Å². The first-order valence-corrected chi connectivity index (χ1v) is 8.20. The molecule has 0 bridgehead atoms. The molecule has 1 saturated heterocycles. The Labute approximate surface area is 136 Å². The molecule has 5 nitrogen and oxygen atoms in total. The third-order valence-electron chi connectivity index (χ3n) is 4.33. The summed E-state index contributed by atoms with van der Waals surface area (Å²) in [5, 5.41) is 4.26. The molecule has 1 aromatic carbocycles. The van der Waals surface area contributed by atoms with Gasteiger partial charge in [0.25, 0.3) is 5.91 Å². The van der Waals surface area contributed by atoms with Crippen molar-refractivity contribution in [1.29, 1.82) is 0 Å². The third-order valence-corrected chi connectivity index (χ3v) is 4.33. The van der Waals surface area contributed by atoms with Gasteiger partial charge in [0.05, 0.1) is 0 Å². The molecule has 1 aliphatic rings. The second kappa shape index (κ2) is 7.31. The van der Waals surface area contributed by atoms with E-state index in [0.29, 0.717) is 5.92 Å². The number of hydrogen-bond donors (Lipinski definition) is 0. The molecule has 1 aromatic heterocycles. The van der Waals surface area contributed by atoms with E-state index in [1.165, 1.54) is 0 Å². The smallest absolute Gasteiger partial charge is 0.263 e. The number of carbonyl (C=O) groups excluding carboxylic acids is 1. The summed E-state index contributed by atoms with van der Waals surface area (Å²) in [5.41, 5.74) is 0. The normalized spacial score (nSPS) is 17.0. The average molecular weight is 313 g/mol. The van der Waals surface area contributed by atoms with Gasteiger partial charge >= 0.3 is 0 Å². The number of benzene rings is 1. The van der Waals surface area contributed by atoms with Crippen molar-refractivity contribution in [3.8, 4) is 5.75 Å². The highest BCUT2D eigenvalue weighted by atomic mass is 16.5. The van der Waals surface area contributed by atoms with E-state index in [0.717, 1.165) is 38.2 Å². The second-order valence-electron chi connectivity index (χ2n) is 6.07. The van der Waals surface area contributed by atoms with Gasteiger partial charge in [0.2, 0.25) is 0 Å². The first-order valence-electron chi connectivity index (χ1n) is 8.20. The molecule has 122 valence electrons. The summed E-state index contributed by atoms with van der Waals surface area (Å²) in [6.45, 7) is 4.36. The molecule has 3 rings (SSSR count). The number of carbonyl (C=O) groups is 1. The maximum atomic E-state index is 12.5. The van der Waals surface area contributed by atoms with Crippen molar-refractivity contribution >= 4 is 5.91 Å². The van der Waals surface area contributed by atoms with E-state index in [4.69, 9.17) is 4.74 Å². The predicted octanol–water partition coefficient (Wildman–Crippen LogP) is 2.59. The van der Waals surface area contributed by atoms with Gasteiger partial charge in [-0.2, -0.15) is 5.10 Å². The van der Waals surface area contributed by atoms with Crippen molar-refractivity contribution in [2.75, 3.05) is 13.1 Å². The van der Waals surface area contributed by atoms with Gasteiger partial charge in [-0.1, -0.05) is 18.2 Å². The van der Waals surface area contributed by atoms with Crippen molar-refractivity contribution in [2.45, 2.75) is 32.4 Å². The lowest BCUT2D eigenvalue weighted by atomic mass is 9.96. The van der Waals surface area contributed by atoms with Gasteiger partial charge in [-0.25, -0.2) is 0 Å². The fraction of sp³-hybridized carbons (Fsp3) is 0.444. The lowest BCUT2D eigenvalue weighted by Crippen LogP contribution is -2.45. The van der Waals surface area contributed by atoms with Gasteiger partial charge < -0.3 is 9.64 Å². The van der Waals surface area contributed by atoms with Crippen molar-refractivity contribution in [3.05, 3.63) is 48.8 Å². The number of aromatic nitrogens is 2. The van der Waals surface area contributed by atoms with Crippen LogP contribution >= 0.6 is 0 Å². The fourth-order valence-electron chi connectivity index (χ4n) is 3.02. The maximum Gasteiger partial charge on any atom is 0.263 e. The largest absolute Gasteiger partial charge is 0.481 e. The van der Waals surface area contributed by atoms with Gasteiger partial charge in [0.15, 0.2) is 6.10 Å². The minimum atomic E-state index is -0.444. The molecule has 0 radical (unpaired) electrons. The highest BCUT2D eigenvalue weighted by Crippen LogP contribution is 2.20. The Kier molecular flexibility index (Phi) is 4.95. The van der Waals surface area contributed by atoms with Crippen LogP contribution < -0.4 is 4.74 Å². The Morgan fingerprint density at radius 3 is 2.65 bits per heavy atom. The highest BCUT2D eigenvalue weighted by molar-refractivity contribution is 5.81. The zero-order chi connectivity index (χ0) is 16.1. The predicted molar refractivity (Wildman–Crippen MR) is 88.1 cm³/mol.